The Labute approximate surface area is 125 Å². The second-order valence-corrected chi connectivity index (χ2v) is 5.70. The number of benzene rings is 1. The molecule has 0 aliphatic carbocycles. The number of piperazine rings is 1. The molecule has 0 aromatic heterocycles. The molecule has 1 aliphatic rings. The second-order valence-electron chi connectivity index (χ2n) is 5.70. The van der Waals surface area contributed by atoms with Gasteiger partial charge in [-0.2, -0.15) is 0 Å². The number of quaternary nitrogens is 1. The van der Waals surface area contributed by atoms with E-state index in [0.717, 1.165) is 24.3 Å². The van der Waals surface area contributed by atoms with E-state index >= 15 is 0 Å². The van der Waals surface area contributed by atoms with Crippen molar-refractivity contribution < 1.29 is 14.5 Å². The Morgan fingerprint density at radius 1 is 1.38 bits per heavy atom. The lowest BCUT2D eigenvalue weighted by molar-refractivity contribution is -0.885. The zero-order chi connectivity index (χ0) is 15.1. The van der Waals surface area contributed by atoms with Crippen molar-refractivity contribution in [3.8, 4) is 0 Å². The van der Waals surface area contributed by atoms with Gasteiger partial charge in [0, 0.05) is 6.04 Å². The van der Waals surface area contributed by atoms with Gasteiger partial charge in [-0.25, -0.2) is 0 Å². The van der Waals surface area contributed by atoms with E-state index in [4.69, 9.17) is 0 Å². The molecule has 1 saturated heterocycles. The van der Waals surface area contributed by atoms with Crippen molar-refractivity contribution in [1.82, 2.24) is 10.6 Å². The highest BCUT2D eigenvalue weighted by Gasteiger charge is 2.22. The fraction of sp³-hybridized carbons (Fsp3) is 0.500. The van der Waals surface area contributed by atoms with Crippen LogP contribution in [-0.4, -0.2) is 44.0 Å². The lowest BCUT2D eigenvalue weighted by atomic mass is 10.1. The van der Waals surface area contributed by atoms with Gasteiger partial charge in [0.2, 0.25) is 0 Å². The molecule has 5 nitrogen and oxygen atoms in total. The zero-order valence-electron chi connectivity index (χ0n) is 12.5. The van der Waals surface area contributed by atoms with Crippen molar-refractivity contribution in [3.05, 3.63) is 35.9 Å². The number of carbonyl (C=O) groups is 2. The molecule has 1 fully saturated rings. The summed E-state index contributed by atoms with van der Waals surface area (Å²) >= 11 is 0. The first-order chi connectivity index (χ1) is 10.1. The van der Waals surface area contributed by atoms with Crippen LogP contribution in [0.4, 0.5) is 0 Å². The quantitative estimate of drug-likeness (QED) is 0.638. The van der Waals surface area contributed by atoms with Gasteiger partial charge in [0.1, 0.15) is 0 Å². The summed E-state index contributed by atoms with van der Waals surface area (Å²) in [5.41, 5.74) is 1.29. The van der Waals surface area contributed by atoms with Crippen LogP contribution in [0.15, 0.2) is 30.3 Å². The summed E-state index contributed by atoms with van der Waals surface area (Å²) in [7, 11) is 0. The number of carbonyl (C=O) groups excluding carboxylic acids is 2. The van der Waals surface area contributed by atoms with Crippen molar-refractivity contribution in [2.45, 2.75) is 25.8 Å². The van der Waals surface area contributed by atoms with Gasteiger partial charge in [0.15, 0.2) is 13.1 Å². The molecule has 0 spiro atoms. The van der Waals surface area contributed by atoms with Crippen LogP contribution >= 0.6 is 0 Å². The molecular formula is C16H24N3O2+. The smallest absolute Gasteiger partial charge is 0.275 e. The number of amides is 2. The monoisotopic (exact) mass is 290 g/mol. The Kier molecular flexibility index (Phi) is 5.75. The van der Waals surface area contributed by atoms with Crippen molar-refractivity contribution in [2.75, 3.05) is 26.2 Å². The lowest BCUT2D eigenvalue weighted by Gasteiger charge is -2.23. The molecule has 2 atom stereocenters. The summed E-state index contributed by atoms with van der Waals surface area (Å²) in [5.74, 6) is 0.0569. The zero-order valence-corrected chi connectivity index (χ0v) is 12.5. The van der Waals surface area contributed by atoms with Crippen LogP contribution in [0.25, 0.3) is 0 Å². The van der Waals surface area contributed by atoms with E-state index in [1.165, 1.54) is 5.56 Å². The average Bonchev–Trinajstić information content (AvgIpc) is 2.46. The van der Waals surface area contributed by atoms with E-state index in [0.29, 0.717) is 19.6 Å². The van der Waals surface area contributed by atoms with Crippen LogP contribution in [0.1, 0.15) is 18.9 Å². The highest BCUT2D eigenvalue weighted by atomic mass is 16.2. The largest absolute Gasteiger partial charge is 0.349 e. The standard InChI is InChI=1S/C16H23N3O2/c1-13(7-8-14-5-3-2-4-6-14)18-16(21)12-19-10-9-17-15(20)11-19/h2-6,13H,7-12H2,1H3,(H,17,20)(H,18,21)/p+1/t13-/m1/s1. The second kappa shape index (κ2) is 7.78. The fourth-order valence-electron chi connectivity index (χ4n) is 2.56. The molecule has 0 radical (unpaired) electrons. The molecule has 1 aromatic carbocycles. The predicted octanol–water partition coefficient (Wildman–Crippen LogP) is -0.861. The van der Waals surface area contributed by atoms with Crippen LogP contribution in [0, 0.1) is 0 Å². The minimum Gasteiger partial charge on any atom is -0.349 e. The van der Waals surface area contributed by atoms with Crippen LogP contribution in [0.3, 0.4) is 0 Å². The van der Waals surface area contributed by atoms with Gasteiger partial charge in [-0.15, -0.1) is 0 Å². The van der Waals surface area contributed by atoms with Gasteiger partial charge in [-0.05, 0) is 25.3 Å². The molecule has 2 amide bonds. The van der Waals surface area contributed by atoms with E-state index < -0.39 is 0 Å². The van der Waals surface area contributed by atoms with Crippen LogP contribution in [0.2, 0.25) is 0 Å². The van der Waals surface area contributed by atoms with E-state index in [-0.39, 0.29) is 17.9 Å². The maximum Gasteiger partial charge on any atom is 0.275 e. The highest BCUT2D eigenvalue weighted by molar-refractivity contribution is 5.79. The van der Waals surface area contributed by atoms with Gasteiger partial charge < -0.3 is 15.5 Å². The van der Waals surface area contributed by atoms with Crippen molar-refractivity contribution in [1.29, 1.82) is 0 Å². The number of hydrogen-bond donors (Lipinski definition) is 3. The number of rotatable bonds is 6. The number of aryl methyl sites for hydroxylation is 1. The minimum absolute atomic E-state index is 0.0280. The molecule has 1 unspecified atom stereocenters. The van der Waals surface area contributed by atoms with Crippen LogP contribution in [-0.2, 0) is 16.0 Å². The van der Waals surface area contributed by atoms with E-state index in [9.17, 15) is 9.59 Å². The molecule has 2 rings (SSSR count). The lowest BCUT2D eigenvalue weighted by Crippen LogP contribution is -3.16. The Hall–Kier alpha value is -1.88. The Balaban J connectivity index is 1.68. The molecule has 3 N–H and O–H groups in total. The van der Waals surface area contributed by atoms with E-state index in [1.54, 1.807) is 0 Å². The average molecular weight is 290 g/mol. The van der Waals surface area contributed by atoms with E-state index in [2.05, 4.69) is 22.8 Å². The maximum absolute atomic E-state index is 12.0. The number of hydrogen-bond acceptors (Lipinski definition) is 2. The van der Waals surface area contributed by atoms with Crippen LogP contribution < -0.4 is 15.5 Å². The molecule has 1 aliphatic heterocycles. The third kappa shape index (κ3) is 5.55. The topological polar surface area (TPSA) is 62.6 Å². The van der Waals surface area contributed by atoms with Crippen molar-refractivity contribution in [2.24, 2.45) is 0 Å². The normalized spacial score (nSPS) is 19.7. The van der Waals surface area contributed by atoms with Crippen molar-refractivity contribution >= 4 is 11.8 Å². The molecule has 114 valence electrons. The maximum atomic E-state index is 12.0. The Bertz CT molecular complexity index is 476. The molecule has 0 bridgehead atoms. The first-order valence-electron chi connectivity index (χ1n) is 7.57. The molecule has 1 aromatic rings. The first kappa shape index (κ1) is 15.5. The van der Waals surface area contributed by atoms with Crippen molar-refractivity contribution in [3.63, 3.8) is 0 Å². The summed E-state index contributed by atoms with van der Waals surface area (Å²) in [6.45, 7) is 4.27. The van der Waals surface area contributed by atoms with Gasteiger partial charge in [0.05, 0.1) is 13.1 Å². The molecule has 5 heteroatoms. The molecular weight excluding hydrogens is 266 g/mol. The SMILES string of the molecule is C[C@H](CCc1ccccc1)NC(=O)C[NH+]1CCNC(=O)C1. The highest BCUT2D eigenvalue weighted by Crippen LogP contribution is 2.04. The van der Waals surface area contributed by atoms with Gasteiger partial charge in [-0.1, -0.05) is 30.3 Å². The molecule has 1 heterocycles. The van der Waals surface area contributed by atoms with Crippen LogP contribution in [0.5, 0.6) is 0 Å². The summed E-state index contributed by atoms with van der Waals surface area (Å²) in [6.07, 6.45) is 1.88. The summed E-state index contributed by atoms with van der Waals surface area (Å²) in [6, 6.07) is 10.4. The summed E-state index contributed by atoms with van der Waals surface area (Å²) < 4.78 is 0. The predicted molar refractivity (Wildman–Crippen MR) is 80.9 cm³/mol. The van der Waals surface area contributed by atoms with Gasteiger partial charge in [0.25, 0.3) is 11.8 Å². The van der Waals surface area contributed by atoms with Gasteiger partial charge >= 0.3 is 0 Å². The third-order valence-electron chi connectivity index (χ3n) is 3.74. The summed E-state index contributed by atoms with van der Waals surface area (Å²) in [4.78, 5) is 24.3. The fourth-order valence-corrected chi connectivity index (χ4v) is 2.56. The van der Waals surface area contributed by atoms with E-state index in [1.807, 2.05) is 25.1 Å². The minimum atomic E-state index is 0.0280. The Morgan fingerprint density at radius 2 is 2.14 bits per heavy atom. The summed E-state index contributed by atoms with van der Waals surface area (Å²) in [5, 5.41) is 5.79. The first-order valence-corrected chi connectivity index (χ1v) is 7.57. The van der Waals surface area contributed by atoms with Gasteiger partial charge in [-0.3, -0.25) is 9.59 Å². The molecule has 0 saturated carbocycles. The Morgan fingerprint density at radius 3 is 2.86 bits per heavy atom. The number of nitrogens with one attached hydrogen (secondary N) is 3. The third-order valence-corrected chi connectivity index (χ3v) is 3.74. The molecule has 21 heavy (non-hydrogen) atoms.